The molecule has 0 bridgehead atoms. The second-order valence-electron chi connectivity index (χ2n) is 8.49. The second kappa shape index (κ2) is 10.9. The Labute approximate surface area is 158 Å². The first-order valence-corrected chi connectivity index (χ1v) is 9.76. The number of carbonyl (C=O) groups is 2. The highest BCUT2D eigenvalue weighted by molar-refractivity contribution is 5.78. The molecule has 0 aliphatic carbocycles. The Morgan fingerprint density at radius 1 is 0.769 bits per heavy atom. The van der Waals surface area contributed by atoms with Crippen molar-refractivity contribution in [2.75, 3.05) is 0 Å². The lowest BCUT2D eigenvalue weighted by molar-refractivity contribution is -0.262. The van der Waals surface area contributed by atoms with Crippen molar-refractivity contribution < 1.29 is 29.9 Å². The number of hydrogen-bond acceptors (Lipinski definition) is 6. The van der Waals surface area contributed by atoms with Crippen LogP contribution in [0.4, 0.5) is 0 Å². The van der Waals surface area contributed by atoms with Gasteiger partial charge in [-0.05, 0) is 36.5 Å². The Bertz CT molecular complexity index is 426. The summed E-state index contributed by atoms with van der Waals surface area (Å²) < 4.78 is 0. The maximum absolute atomic E-state index is 12.8. The fourth-order valence-corrected chi connectivity index (χ4v) is 4.16. The van der Waals surface area contributed by atoms with Gasteiger partial charge in [-0.3, -0.25) is 0 Å². The van der Waals surface area contributed by atoms with E-state index in [-0.39, 0.29) is 17.3 Å². The molecule has 0 saturated heterocycles. The van der Waals surface area contributed by atoms with Crippen LogP contribution in [0, 0.1) is 16.2 Å². The lowest BCUT2D eigenvalue weighted by Crippen LogP contribution is -2.54. The molecular formula is C20H38O6. The Balaban J connectivity index is 5.05. The highest BCUT2D eigenvalue weighted by Crippen LogP contribution is 2.58. The number of unbranched alkanes of at least 4 members (excludes halogenated alkanes) is 4. The zero-order chi connectivity index (χ0) is 20.4. The molecule has 0 aromatic heterocycles. The number of carbonyl (C=O) groups excluding carboxylic acids is 2. The van der Waals surface area contributed by atoms with Crippen molar-refractivity contribution in [1.29, 1.82) is 0 Å². The van der Waals surface area contributed by atoms with Crippen LogP contribution in [0.15, 0.2) is 0 Å². The van der Waals surface area contributed by atoms with Crippen LogP contribution < -0.4 is 0 Å². The van der Waals surface area contributed by atoms with Crippen molar-refractivity contribution >= 4 is 11.9 Å². The summed E-state index contributed by atoms with van der Waals surface area (Å²) >= 11 is 0. The molecule has 0 unspecified atom stereocenters. The standard InChI is InChI=1S/C20H38O6/c1-7-18(3,4)20(17(22)26-24,19(5,6)8-2)15-13-11-9-10-12-14-16(21)25-23/h23-24H,7-15H2,1-6H3. The van der Waals surface area contributed by atoms with Crippen LogP contribution in [0.3, 0.4) is 0 Å². The van der Waals surface area contributed by atoms with E-state index < -0.39 is 17.4 Å². The van der Waals surface area contributed by atoms with Gasteiger partial charge in [-0.15, -0.1) is 0 Å². The molecule has 6 nitrogen and oxygen atoms in total. The van der Waals surface area contributed by atoms with Crippen LogP contribution in [-0.4, -0.2) is 22.5 Å². The van der Waals surface area contributed by atoms with Crippen LogP contribution in [0.5, 0.6) is 0 Å². The maximum Gasteiger partial charge on any atom is 0.349 e. The van der Waals surface area contributed by atoms with E-state index in [0.717, 1.165) is 38.5 Å². The van der Waals surface area contributed by atoms with Gasteiger partial charge in [-0.25, -0.2) is 9.59 Å². The molecule has 0 atom stereocenters. The third-order valence-corrected chi connectivity index (χ3v) is 6.54. The van der Waals surface area contributed by atoms with Gasteiger partial charge >= 0.3 is 11.9 Å². The zero-order valence-corrected chi connectivity index (χ0v) is 17.4. The van der Waals surface area contributed by atoms with Gasteiger partial charge in [0.15, 0.2) is 0 Å². The van der Waals surface area contributed by atoms with E-state index in [2.05, 4.69) is 51.3 Å². The predicted molar refractivity (Wildman–Crippen MR) is 100 cm³/mol. The zero-order valence-electron chi connectivity index (χ0n) is 17.4. The summed E-state index contributed by atoms with van der Waals surface area (Å²) in [4.78, 5) is 31.6. The third-order valence-electron chi connectivity index (χ3n) is 6.54. The fourth-order valence-electron chi connectivity index (χ4n) is 4.16. The van der Waals surface area contributed by atoms with Crippen molar-refractivity contribution in [1.82, 2.24) is 0 Å². The topological polar surface area (TPSA) is 93.1 Å². The van der Waals surface area contributed by atoms with E-state index in [4.69, 9.17) is 5.26 Å². The monoisotopic (exact) mass is 374 g/mol. The quantitative estimate of drug-likeness (QED) is 0.247. The molecule has 0 radical (unpaired) electrons. The minimum Gasteiger partial charge on any atom is -0.301 e. The average Bonchev–Trinajstić information content (AvgIpc) is 2.62. The summed E-state index contributed by atoms with van der Waals surface area (Å²) in [5.74, 6) is -1.15. The van der Waals surface area contributed by atoms with Gasteiger partial charge in [0.2, 0.25) is 0 Å². The Hall–Kier alpha value is -1.14. The van der Waals surface area contributed by atoms with E-state index in [1.165, 1.54) is 0 Å². The largest absolute Gasteiger partial charge is 0.349 e. The van der Waals surface area contributed by atoms with Crippen molar-refractivity contribution in [2.45, 2.75) is 99.3 Å². The van der Waals surface area contributed by atoms with Crippen LogP contribution in [0.1, 0.15) is 99.3 Å². The Kier molecular flexibility index (Phi) is 10.4. The van der Waals surface area contributed by atoms with Crippen LogP contribution in [0.25, 0.3) is 0 Å². The minimum absolute atomic E-state index is 0.211. The molecule has 0 aromatic carbocycles. The molecule has 0 aliphatic rings. The van der Waals surface area contributed by atoms with Crippen LogP contribution >= 0.6 is 0 Å². The normalized spacial score (nSPS) is 12.8. The first-order valence-electron chi connectivity index (χ1n) is 9.76. The Morgan fingerprint density at radius 2 is 1.23 bits per heavy atom. The van der Waals surface area contributed by atoms with Gasteiger partial charge in [0.05, 0.1) is 5.41 Å². The molecule has 0 aliphatic heterocycles. The summed E-state index contributed by atoms with van der Waals surface area (Å²) in [7, 11) is 0. The summed E-state index contributed by atoms with van der Waals surface area (Å²) in [6, 6.07) is 0. The molecule has 0 saturated carbocycles. The summed E-state index contributed by atoms with van der Waals surface area (Å²) in [6.07, 6.45) is 6.69. The highest BCUT2D eigenvalue weighted by atomic mass is 17.1. The molecule has 0 fully saturated rings. The first-order chi connectivity index (χ1) is 12.1. The summed E-state index contributed by atoms with van der Waals surface area (Å²) in [5.41, 5.74) is -1.42. The van der Waals surface area contributed by atoms with Gasteiger partial charge in [0.1, 0.15) is 0 Å². The molecular weight excluding hydrogens is 336 g/mol. The van der Waals surface area contributed by atoms with E-state index in [9.17, 15) is 14.8 Å². The van der Waals surface area contributed by atoms with Gasteiger partial charge < -0.3 is 9.78 Å². The maximum atomic E-state index is 12.8. The van der Waals surface area contributed by atoms with Crippen LogP contribution in [0.2, 0.25) is 0 Å². The van der Waals surface area contributed by atoms with Gasteiger partial charge in [-0.1, -0.05) is 67.2 Å². The Morgan fingerprint density at radius 3 is 1.65 bits per heavy atom. The lowest BCUT2D eigenvalue weighted by Gasteiger charge is -2.53. The SMILES string of the molecule is CCC(C)(C)C(CCCCCCCC(=O)OO)(C(=O)OO)C(C)(C)CC. The molecule has 0 aromatic rings. The first kappa shape index (κ1) is 24.9. The van der Waals surface area contributed by atoms with E-state index in [1.807, 2.05) is 0 Å². The predicted octanol–water partition coefficient (Wildman–Crippen LogP) is 5.61. The molecule has 0 heterocycles. The van der Waals surface area contributed by atoms with E-state index >= 15 is 0 Å². The molecule has 6 heteroatoms. The van der Waals surface area contributed by atoms with Crippen molar-refractivity contribution in [2.24, 2.45) is 16.2 Å². The summed E-state index contributed by atoms with van der Waals surface area (Å²) in [6.45, 7) is 12.4. The van der Waals surface area contributed by atoms with E-state index in [1.54, 1.807) is 0 Å². The van der Waals surface area contributed by atoms with Crippen LogP contribution in [-0.2, 0) is 19.4 Å². The number of rotatable bonds is 13. The molecule has 0 amide bonds. The van der Waals surface area contributed by atoms with Gasteiger partial charge in [-0.2, -0.15) is 10.5 Å². The average molecular weight is 375 g/mol. The molecule has 154 valence electrons. The second-order valence-corrected chi connectivity index (χ2v) is 8.49. The van der Waals surface area contributed by atoms with Crippen molar-refractivity contribution in [3.63, 3.8) is 0 Å². The van der Waals surface area contributed by atoms with Crippen molar-refractivity contribution in [3.8, 4) is 0 Å². The lowest BCUT2D eigenvalue weighted by atomic mass is 9.49. The smallest absolute Gasteiger partial charge is 0.301 e. The highest BCUT2D eigenvalue weighted by Gasteiger charge is 2.59. The summed E-state index contributed by atoms with van der Waals surface area (Å²) in [5, 5.41) is 17.4. The van der Waals surface area contributed by atoms with Crippen molar-refractivity contribution in [3.05, 3.63) is 0 Å². The molecule has 0 spiro atoms. The van der Waals surface area contributed by atoms with Gasteiger partial charge in [0, 0.05) is 6.42 Å². The number of hydrogen-bond donors (Lipinski definition) is 2. The van der Waals surface area contributed by atoms with Gasteiger partial charge in [0.25, 0.3) is 0 Å². The molecule has 26 heavy (non-hydrogen) atoms. The minimum atomic E-state index is -0.779. The molecule has 0 rings (SSSR count). The third kappa shape index (κ3) is 5.68. The van der Waals surface area contributed by atoms with E-state index in [0.29, 0.717) is 12.8 Å². The molecule has 2 N–H and O–H groups in total. The fraction of sp³-hybridized carbons (Fsp3) is 0.900.